The normalized spacial score (nSPS) is 10.2. The van der Waals surface area contributed by atoms with E-state index in [-0.39, 0.29) is 18.1 Å². The summed E-state index contributed by atoms with van der Waals surface area (Å²) in [5, 5.41) is 17.5. The van der Waals surface area contributed by atoms with E-state index in [0.717, 1.165) is 19.3 Å². The molecule has 1 aromatic carbocycles. The standard InChI is InChI=1S/C14H19NO4/c1-15(8-3-2-4-9-16)13(17)11-6-5-7-12(10-11)14(18)19/h5-7,10,16H,2-4,8-9H2,1H3,(H,18,19). The topological polar surface area (TPSA) is 77.8 Å². The molecule has 0 aliphatic carbocycles. The van der Waals surface area contributed by atoms with Crippen molar-refractivity contribution in [1.82, 2.24) is 4.90 Å². The van der Waals surface area contributed by atoms with E-state index < -0.39 is 5.97 Å². The minimum atomic E-state index is -1.04. The highest BCUT2D eigenvalue weighted by molar-refractivity contribution is 5.97. The van der Waals surface area contributed by atoms with Crippen LogP contribution in [0.3, 0.4) is 0 Å². The van der Waals surface area contributed by atoms with E-state index in [2.05, 4.69) is 0 Å². The summed E-state index contributed by atoms with van der Waals surface area (Å²) in [5.74, 6) is -1.23. The van der Waals surface area contributed by atoms with E-state index in [4.69, 9.17) is 10.2 Å². The first-order valence-corrected chi connectivity index (χ1v) is 6.26. The lowest BCUT2D eigenvalue weighted by atomic mass is 10.1. The Bertz CT molecular complexity index is 445. The molecule has 0 saturated carbocycles. The smallest absolute Gasteiger partial charge is 0.335 e. The molecular formula is C14H19NO4. The zero-order chi connectivity index (χ0) is 14.3. The first kappa shape index (κ1) is 15.2. The molecule has 5 heteroatoms. The van der Waals surface area contributed by atoms with Crippen LogP contribution in [0.15, 0.2) is 24.3 Å². The van der Waals surface area contributed by atoms with Gasteiger partial charge in [-0.15, -0.1) is 0 Å². The Morgan fingerprint density at radius 3 is 2.47 bits per heavy atom. The second-order valence-electron chi connectivity index (χ2n) is 4.40. The maximum absolute atomic E-state index is 12.1. The fourth-order valence-corrected chi connectivity index (χ4v) is 1.74. The predicted molar refractivity (Wildman–Crippen MR) is 71.3 cm³/mol. The van der Waals surface area contributed by atoms with Gasteiger partial charge in [0.25, 0.3) is 5.91 Å². The number of carbonyl (C=O) groups excluding carboxylic acids is 1. The second kappa shape index (κ2) is 7.53. The summed E-state index contributed by atoms with van der Waals surface area (Å²) in [7, 11) is 1.69. The summed E-state index contributed by atoms with van der Waals surface area (Å²) in [6.07, 6.45) is 2.42. The Morgan fingerprint density at radius 2 is 1.84 bits per heavy atom. The number of nitrogens with zero attached hydrogens (tertiary/aromatic N) is 1. The van der Waals surface area contributed by atoms with Crippen LogP contribution in [0, 0.1) is 0 Å². The quantitative estimate of drug-likeness (QED) is 0.734. The van der Waals surface area contributed by atoms with Crippen LogP contribution in [0.5, 0.6) is 0 Å². The zero-order valence-corrected chi connectivity index (χ0v) is 11.0. The van der Waals surface area contributed by atoms with Gasteiger partial charge in [-0.05, 0) is 37.5 Å². The van der Waals surface area contributed by atoms with Gasteiger partial charge in [0.15, 0.2) is 0 Å². The first-order chi connectivity index (χ1) is 9.06. The molecule has 0 spiro atoms. The predicted octanol–water partition coefficient (Wildman–Crippen LogP) is 1.62. The molecule has 1 aromatic rings. The number of amides is 1. The van der Waals surface area contributed by atoms with Crippen molar-refractivity contribution in [3.8, 4) is 0 Å². The second-order valence-corrected chi connectivity index (χ2v) is 4.40. The molecule has 0 bridgehead atoms. The molecule has 0 unspecified atom stereocenters. The van der Waals surface area contributed by atoms with Gasteiger partial charge < -0.3 is 15.1 Å². The largest absolute Gasteiger partial charge is 0.478 e. The van der Waals surface area contributed by atoms with Crippen LogP contribution in [0.4, 0.5) is 0 Å². The van der Waals surface area contributed by atoms with Crippen LogP contribution in [-0.2, 0) is 0 Å². The van der Waals surface area contributed by atoms with Gasteiger partial charge in [-0.25, -0.2) is 4.79 Å². The highest BCUT2D eigenvalue weighted by Gasteiger charge is 2.13. The lowest BCUT2D eigenvalue weighted by molar-refractivity contribution is 0.0697. The zero-order valence-electron chi connectivity index (χ0n) is 11.0. The van der Waals surface area contributed by atoms with Gasteiger partial charge in [-0.2, -0.15) is 0 Å². The van der Waals surface area contributed by atoms with Crippen molar-refractivity contribution in [2.75, 3.05) is 20.2 Å². The number of aliphatic hydroxyl groups is 1. The Hall–Kier alpha value is -1.88. The molecule has 0 saturated heterocycles. The average molecular weight is 265 g/mol. The van der Waals surface area contributed by atoms with Gasteiger partial charge in [0.2, 0.25) is 0 Å². The molecule has 0 aliphatic heterocycles. The minimum absolute atomic E-state index is 0.111. The summed E-state index contributed by atoms with van der Waals surface area (Å²) < 4.78 is 0. The van der Waals surface area contributed by atoms with E-state index in [0.29, 0.717) is 12.1 Å². The van der Waals surface area contributed by atoms with E-state index in [1.54, 1.807) is 24.1 Å². The number of aliphatic hydroxyl groups excluding tert-OH is 1. The van der Waals surface area contributed by atoms with Gasteiger partial charge in [-0.1, -0.05) is 6.07 Å². The molecule has 0 fully saturated rings. The number of benzene rings is 1. The van der Waals surface area contributed by atoms with Crippen LogP contribution < -0.4 is 0 Å². The number of carbonyl (C=O) groups is 2. The lowest BCUT2D eigenvalue weighted by Crippen LogP contribution is -2.27. The third kappa shape index (κ3) is 4.71. The van der Waals surface area contributed by atoms with Crippen molar-refractivity contribution in [2.45, 2.75) is 19.3 Å². The SMILES string of the molecule is CN(CCCCCO)C(=O)c1cccc(C(=O)O)c1. The fraction of sp³-hybridized carbons (Fsp3) is 0.429. The van der Waals surface area contributed by atoms with Crippen molar-refractivity contribution in [1.29, 1.82) is 0 Å². The van der Waals surface area contributed by atoms with Crippen LogP contribution in [-0.4, -0.2) is 47.2 Å². The molecule has 19 heavy (non-hydrogen) atoms. The van der Waals surface area contributed by atoms with E-state index in [9.17, 15) is 9.59 Å². The number of hydrogen-bond acceptors (Lipinski definition) is 3. The number of carboxylic acid groups (broad SMARTS) is 1. The number of hydrogen-bond donors (Lipinski definition) is 2. The van der Waals surface area contributed by atoms with E-state index >= 15 is 0 Å². The molecule has 104 valence electrons. The third-order valence-electron chi connectivity index (χ3n) is 2.85. The summed E-state index contributed by atoms with van der Waals surface area (Å²) in [6.45, 7) is 0.758. The van der Waals surface area contributed by atoms with Crippen molar-refractivity contribution in [2.24, 2.45) is 0 Å². The number of aromatic carboxylic acids is 1. The highest BCUT2D eigenvalue weighted by Crippen LogP contribution is 2.09. The highest BCUT2D eigenvalue weighted by atomic mass is 16.4. The van der Waals surface area contributed by atoms with Gasteiger partial charge in [-0.3, -0.25) is 4.79 Å². The Morgan fingerprint density at radius 1 is 1.16 bits per heavy atom. The molecule has 0 heterocycles. The Balaban J connectivity index is 2.61. The molecule has 5 nitrogen and oxygen atoms in total. The van der Waals surface area contributed by atoms with Gasteiger partial charge in [0, 0.05) is 25.8 Å². The van der Waals surface area contributed by atoms with E-state index in [1.165, 1.54) is 12.1 Å². The van der Waals surface area contributed by atoms with Crippen molar-refractivity contribution >= 4 is 11.9 Å². The van der Waals surface area contributed by atoms with Crippen molar-refractivity contribution in [3.63, 3.8) is 0 Å². The number of rotatable bonds is 7. The Labute approximate surface area is 112 Å². The summed E-state index contributed by atoms with van der Waals surface area (Å²) >= 11 is 0. The van der Waals surface area contributed by atoms with Crippen LogP contribution in [0.1, 0.15) is 40.0 Å². The van der Waals surface area contributed by atoms with Crippen LogP contribution in [0.2, 0.25) is 0 Å². The van der Waals surface area contributed by atoms with Gasteiger partial charge in [0.1, 0.15) is 0 Å². The van der Waals surface area contributed by atoms with Gasteiger partial charge in [0.05, 0.1) is 5.56 Å². The van der Waals surface area contributed by atoms with Crippen LogP contribution >= 0.6 is 0 Å². The average Bonchev–Trinajstić information content (AvgIpc) is 2.42. The maximum atomic E-state index is 12.1. The number of unbranched alkanes of at least 4 members (excludes halogenated alkanes) is 2. The lowest BCUT2D eigenvalue weighted by Gasteiger charge is -2.17. The molecule has 2 N–H and O–H groups in total. The molecular weight excluding hydrogens is 246 g/mol. The van der Waals surface area contributed by atoms with Crippen molar-refractivity contribution in [3.05, 3.63) is 35.4 Å². The fourth-order valence-electron chi connectivity index (χ4n) is 1.74. The number of carboxylic acids is 1. The maximum Gasteiger partial charge on any atom is 0.335 e. The third-order valence-corrected chi connectivity index (χ3v) is 2.85. The minimum Gasteiger partial charge on any atom is -0.478 e. The first-order valence-electron chi connectivity index (χ1n) is 6.26. The molecule has 0 radical (unpaired) electrons. The monoisotopic (exact) mass is 265 g/mol. The van der Waals surface area contributed by atoms with Crippen molar-refractivity contribution < 1.29 is 19.8 Å². The molecule has 0 aromatic heterocycles. The summed E-state index contributed by atoms with van der Waals surface area (Å²) in [5.41, 5.74) is 0.490. The Kier molecular flexibility index (Phi) is 6.02. The van der Waals surface area contributed by atoms with E-state index in [1.807, 2.05) is 0 Å². The summed E-state index contributed by atoms with van der Waals surface area (Å²) in [4.78, 5) is 24.5. The van der Waals surface area contributed by atoms with Crippen LogP contribution in [0.25, 0.3) is 0 Å². The molecule has 0 aliphatic rings. The van der Waals surface area contributed by atoms with Gasteiger partial charge >= 0.3 is 5.97 Å². The molecule has 1 rings (SSSR count). The summed E-state index contributed by atoms with van der Waals surface area (Å²) in [6, 6.07) is 6.02. The molecule has 0 atom stereocenters. The molecule has 1 amide bonds.